The second-order valence-electron chi connectivity index (χ2n) is 3.84. The largest absolute Gasteiger partial charge is 0.369 e. The molecule has 7 heteroatoms. The highest BCUT2D eigenvalue weighted by atomic mass is 19.1. The molecular formula is C12H13FN4O2. The quantitative estimate of drug-likeness (QED) is 0.866. The molecule has 0 saturated heterocycles. The molecule has 1 amide bonds. The van der Waals surface area contributed by atoms with E-state index in [0.717, 1.165) is 18.7 Å². The van der Waals surface area contributed by atoms with Crippen LogP contribution >= 0.6 is 0 Å². The molecule has 2 aromatic heterocycles. The predicted octanol–water partition coefficient (Wildman–Crippen LogP) is 2.28. The zero-order valence-electron chi connectivity index (χ0n) is 10.3. The molecule has 2 heterocycles. The van der Waals surface area contributed by atoms with E-state index in [-0.39, 0.29) is 5.56 Å². The van der Waals surface area contributed by atoms with E-state index in [1.54, 1.807) is 0 Å². The highest BCUT2D eigenvalue weighted by molar-refractivity contribution is 6.07. The summed E-state index contributed by atoms with van der Waals surface area (Å²) in [7, 11) is 0. The molecule has 2 rings (SSSR count). The zero-order valence-corrected chi connectivity index (χ0v) is 10.3. The van der Waals surface area contributed by atoms with Gasteiger partial charge in [0.05, 0.1) is 18.0 Å². The molecular weight excluding hydrogens is 251 g/mol. The lowest BCUT2D eigenvalue weighted by Gasteiger charge is -2.09. The molecule has 0 atom stereocenters. The SMILES string of the molecule is CCCNc1ncc(F)cc1C(=O)Nc1cnoc1. The summed E-state index contributed by atoms with van der Waals surface area (Å²) in [5, 5.41) is 8.98. The molecule has 19 heavy (non-hydrogen) atoms. The second-order valence-corrected chi connectivity index (χ2v) is 3.84. The van der Waals surface area contributed by atoms with E-state index in [9.17, 15) is 9.18 Å². The van der Waals surface area contributed by atoms with Crippen LogP contribution in [0, 0.1) is 5.82 Å². The maximum atomic E-state index is 13.2. The molecule has 0 aliphatic heterocycles. The molecule has 0 aliphatic carbocycles. The van der Waals surface area contributed by atoms with Crippen molar-refractivity contribution in [3.63, 3.8) is 0 Å². The number of anilines is 2. The van der Waals surface area contributed by atoms with Gasteiger partial charge in [0, 0.05) is 6.54 Å². The Hall–Kier alpha value is -2.44. The van der Waals surface area contributed by atoms with Gasteiger partial charge in [-0.2, -0.15) is 0 Å². The van der Waals surface area contributed by atoms with Gasteiger partial charge < -0.3 is 15.2 Å². The minimum absolute atomic E-state index is 0.134. The third kappa shape index (κ3) is 3.27. The fraction of sp³-hybridized carbons (Fsp3) is 0.250. The highest BCUT2D eigenvalue weighted by Gasteiger charge is 2.14. The Kier molecular flexibility index (Phi) is 4.07. The minimum atomic E-state index is -0.572. The van der Waals surface area contributed by atoms with Crippen LogP contribution in [0.25, 0.3) is 0 Å². The highest BCUT2D eigenvalue weighted by Crippen LogP contribution is 2.16. The Balaban J connectivity index is 2.21. The zero-order chi connectivity index (χ0) is 13.7. The van der Waals surface area contributed by atoms with Crippen LogP contribution in [-0.2, 0) is 0 Å². The van der Waals surface area contributed by atoms with Crippen LogP contribution in [-0.4, -0.2) is 22.6 Å². The molecule has 0 aromatic carbocycles. The fourth-order valence-corrected chi connectivity index (χ4v) is 1.46. The smallest absolute Gasteiger partial charge is 0.259 e. The van der Waals surface area contributed by atoms with Gasteiger partial charge in [0.2, 0.25) is 0 Å². The Morgan fingerprint density at radius 3 is 3.00 bits per heavy atom. The van der Waals surface area contributed by atoms with Crippen molar-refractivity contribution in [2.24, 2.45) is 0 Å². The average molecular weight is 264 g/mol. The van der Waals surface area contributed by atoms with Crippen LogP contribution in [0.3, 0.4) is 0 Å². The number of nitrogens with zero attached hydrogens (tertiary/aromatic N) is 2. The standard InChI is InChI=1S/C12H13FN4O2/c1-2-3-14-11-10(4-8(13)5-15-11)12(18)17-9-6-16-19-7-9/h4-7H,2-3H2,1H3,(H,14,15)(H,17,18). The lowest BCUT2D eigenvalue weighted by molar-refractivity contribution is 0.102. The molecule has 0 saturated carbocycles. The first kappa shape index (κ1) is 13.0. The number of pyridine rings is 1. The van der Waals surface area contributed by atoms with Gasteiger partial charge in [0.25, 0.3) is 5.91 Å². The Bertz CT molecular complexity index is 557. The molecule has 0 radical (unpaired) electrons. The Labute approximate surface area is 109 Å². The van der Waals surface area contributed by atoms with Gasteiger partial charge >= 0.3 is 0 Å². The molecule has 0 bridgehead atoms. The van der Waals surface area contributed by atoms with Gasteiger partial charge in [0.15, 0.2) is 0 Å². The number of hydrogen-bond acceptors (Lipinski definition) is 5. The van der Waals surface area contributed by atoms with E-state index in [1.807, 2.05) is 6.92 Å². The first-order valence-corrected chi connectivity index (χ1v) is 5.81. The minimum Gasteiger partial charge on any atom is -0.369 e. The molecule has 6 nitrogen and oxygen atoms in total. The fourth-order valence-electron chi connectivity index (χ4n) is 1.46. The molecule has 0 spiro atoms. The van der Waals surface area contributed by atoms with Crippen LogP contribution in [0.1, 0.15) is 23.7 Å². The molecule has 0 aliphatic rings. The number of amides is 1. The Morgan fingerprint density at radius 2 is 2.32 bits per heavy atom. The van der Waals surface area contributed by atoms with E-state index in [0.29, 0.717) is 18.1 Å². The van der Waals surface area contributed by atoms with E-state index in [1.165, 1.54) is 12.5 Å². The third-order valence-corrected chi connectivity index (χ3v) is 2.33. The monoisotopic (exact) mass is 264 g/mol. The summed E-state index contributed by atoms with van der Waals surface area (Å²) < 4.78 is 17.8. The summed E-state index contributed by atoms with van der Waals surface area (Å²) in [6, 6.07) is 1.13. The molecule has 2 N–H and O–H groups in total. The average Bonchev–Trinajstić information content (AvgIpc) is 2.90. The first-order valence-electron chi connectivity index (χ1n) is 5.81. The van der Waals surface area contributed by atoms with Gasteiger partial charge in [-0.05, 0) is 12.5 Å². The van der Waals surface area contributed by atoms with Gasteiger partial charge in [-0.25, -0.2) is 9.37 Å². The first-order chi connectivity index (χ1) is 9.20. The Morgan fingerprint density at radius 1 is 1.47 bits per heavy atom. The van der Waals surface area contributed by atoms with E-state index in [2.05, 4.69) is 25.3 Å². The molecule has 100 valence electrons. The maximum Gasteiger partial charge on any atom is 0.259 e. The van der Waals surface area contributed by atoms with Crippen LogP contribution in [0.4, 0.5) is 15.9 Å². The van der Waals surface area contributed by atoms with Crippen molar-refractivity contribution in [3.05, 3.63) is 36.1 Å². The van der Waals surface area contributed by atoms with Crippen LogP contribution in [0.15, 0.2) is 29.2 Å². The normalized spacial score (nSPS) is 10.2. The summed E-state index contributed by atoms with van der Waals surface area (Å²) in [6.07, 6.45) is 4.56. The van der Waals surface area contributed by atoms with Crippen molar-refractivity contribution < 1.29 is 13.7 Å². The number of carbonyl (C=O) groups is 1. The summed E-state index contributed by atoms with van der Waals surface area (Å²) in [5.41, 5.74) is 0.533. The van der Waals surface area contributed by atoms with E-state index < -0.39 is 11.7 Å². The number of rotatable bonds is 5. The number of halogens is 1. The molecule has 0 unspecified atom stereocenters. The summed E-state index contributed by atoms with van der Waals surface area (Å²) in [6.45, 7) is 2.62. The van der Waals surface area contributed by atoms with Crippen molar-refractivity contribution in [2.45, 2.75) is 13.3 Å². The van der Waals surface area contributed by atoms with Crippen LogP contribution < -0.4 is 10.6 Å². The number of hydrogen-bond donors (Lipinski definition) is 2. The lowest BCUT2D eigenvalue weighted by atomic mass is 10.2. The van der Waals surface area contributed by atoms with Gasteiger partial charge in [-0.15, -0.1) is 0 Å². The predicted molar refractivity (Wildman–Crippen MR) is 67.4 cm³/mol. The van der Waals surface area contributed by atoms with E-state index in [4.69, 9.17) is 0 Å². The maximum absolute atomic E-state index is 13.2. The van der Waals surface area contributed by atoms with Gasteiger partial charge in [0.1, 0.15) is 23.6 Å². The van der Waals surface area contributed by atoms with Crippen molar-refractivity contribution in [2.75, 3.05) is 17.2 Å². The summed E-state index contributed by atoms with van der Waals surface area (Å²) in [4.78, 5) is 15.9. The van der Waals surface area contributed by atoms with Gasteiger partial charge in [-0.1, -0.05) is 12.1 Å². The number of nitrogens with one attached hydrogen (secondary N) is 2. The van der Waals surface area contributed by atoms with Crippen molar-refractivity contribution in [1.82, 2.24) is 10.1 Å². The third-order valence-electron chi connectivity index (χ3n) is 2.33. The molecule has 2 aromatic rings. The topological polar surface area (TPSA) is 80.0 Å². The van der Waals surface area contributed by atoms with Crippen LogP contribution in [0.5, 0.6) is 0 Å². The van der Waals surface area contributed by atoms with E-state index >= 15 is 0 Å². The number of carbonyl (C=O) groups excluding carboxylic acids is 1. The van der Waals surface area contributed by atoms with Crippen molar-refractivity contribution in [1.29, 1.82) is 0 Å². The summed E-state index contributed by atoms with van der Waals surface area (Å²) >= 11 is 0. The lowest BCUT2D eigenvalue weighted by Crippen LogP contribution is -2.16. The van der Waals surface area contributed by atoms with Crippen LogP contribution in [0.2, 0.25) is 0 Å². The number of aromatic nitrogens is 2. The molecule has 0 fully saturated rings. The van der Waals surface area contributed by atoms with Gasteiger partial charge in [-0.3, -0.25) is 4.79 Å². The summed E-state index contributed by atoms with van der Waals surface area (Å²) in [5.74, 6) is -0.705. The van der Waals surface area contributed by atoms with Crippen molar-refractivity contribution in [3.8, 4) is 0 Å². The second kappa shape index (κ2) is 5.94. The van der Waals surface area contributed by atoms with Crippen molar-refractivity contribution >= 4 is 17.4 Å².